The lowest BCUT2D eigenvalue weighted by atomic mass is 10.1. The third-order valence-electron chi connectivity index (χ3n) is 3.09. The predicted molar refractivity (Wildman–Crippen MR) is 70.8 cm³/mol. The molecule has 0 aromatic carbocycles. The Morgan fingerprint density at radius 2 is 2.47 bits per heavy atom. The Balaban J connectivity index is 1.75. The minimum absolute atomic E-state index is 0.135. The van der Waals surface area contributed by atoms with Gasteiger partial charge >= 0.3 is 6.03 Å². The largest absolute Gasteiger partial charge is 0.381 e. The summed E-state index contributed by atoms with van der Waals surface area (Å²) in [5, 5.41) is 6.72. The van der Waals surface area contributed by atoms with Crippen LogP contribution in [-0.4, -0.2) is 52.0 Å². The Bertz CT molecular complexity index is 420. The summed E-state index contributed by atoms with van der Waals surface area (Å²) in [5.41, 5.74) is 0. The van der Waals surface area contributed by atoms with Crippen molar-refractivity contribution in [1.82, 2.24) is 19.7 Å². The van der Waals surface area contributed by atoms with E-state index in [1.165, 1.54) is 0 Å². The normalized spacial score (nSPS) is 18.8. The van der Waals surface area contributed by atoms with E-state index in [1.807, 2.05) is 0 Å². The highest BCUT2D eigenvalue weighted by atomic mass is 16.5. The van der Waals surface area contributed by atoms with Crippen molar-refractivity contribution in [2.45, 2.75) is 19.8 Å². The van der Waals surface area contributed by atoms with E-state index in [2.05, 4.69) is 22.3 Å². The molecule has 1 aliphatic rings. The van der Waals surface area contributed by atoms with Crippen LogP contribution in [0.25, 0.3) is 0 Å². The number of rotatable bonds is 5. The van der Waals surface area contributed by atoms with E-state index < -0.39 is 0 Å². The number of amides is 2. The molecule has 1 aromatic heterocycles. The monoisotopic (exact) mass is 267 g/mol. The number of nitrogens with one attached hydrogen (secondary N) is 1. The van der Waals surface area contributed by atoms with E-state index in [0.717, 1.165) is 39.1 Å². The third kappa shape index (κ3) is 3.92. The van der Waals surface area contributed by atoms with Crippen LogP contribution in [0.5, 0.6) is 0 Å². The van der Waals surface area contributed by atoms with E-state index in [4.69, 9.17) is 4.74 Å². The molecule has 0 aliphatic carbocycles. The van der Waals surface area contributed by atoms with Crippen LogP contribution in [0.3, 0.4) is 0 Å². The number of anilines is 1. The molecule has 1 atom stereocenters. The molecule has 2 rings (SSSR count). The summed E-state index contributed by atoms with van der Waals surface area (Å²) in [7, 11) is 1.76. The van der Waals surface area contributed by atoms with Gasteiger partial charge in [0.2, 0.25) is 5.95 Å². The fourth-order valence-electron chi connectivity index (χ4n) is 2.12. The van der Waals surface area contributed by atoms with Gasteiger partial charge in [0, 0.05) is 32.7 Å². The number of ether oxygens (including phenoxy) is 1. The zero-order valence-electron chi connectivity index (χ0n) is 11.5. The van der Waals surface area contributed by atoms with Gasteiger partial charge in [-0.3, -0.25) is 10.00 Å². The highest BCUT2D eigenvalue weighted by molar-refractivity contribution is 5.87. The van der Waals surface area contributed by atoms with E-state index in [9.17, 15) is 4.79 Å². The van der Waals surface area contributed by atoms with Gasteiger partial charge in [-0.05, 0) is 12.8 Å². The number of aromatic nitrogens is 3. The molecule has 7 nitrogen and oxygen atoms in total. The lowest BCUT2D eigenvalue weighted by Gasteiger charge is -2.16. The maximum Gasteiger partial charge on any atom is 0.324 e. The minimum Gasteiger partial charge on any atom is -0.381 e. The number of aryl methyl sites for hydroxylation is 1. The Morgan fingerprint density at radius 3 is 3.16 bits per heavy atom. The third-order valence-corrected chi connectivity index (χ3v) is 3.09. The number of carbonyl (C=O) groups excluding carboxylic acids is 1. The van der Waals surface area contributed by atoms with Crippen LogP contribution in [0.15, 0.2) is 6.33 Å². The summed E-state index contributed by atoms with van der Waals surface area (Å²) in [6.07, 6.45) is 3.58. The first-order valence-electron chi connectivity index (χ1n) is 6.68. The Morgan fingerprint density at radius 1 is 1.63 bits per heavy atom. The molecule has 0 bridgehead atoms. The van der Waals surface area contributed by atoms with Gasteiger partial charge in [0.25, 0.3) is 0 Å². The second kappa shape index (κ2) is 6.51. The van der Waals surface area contributed by atoms with Crippen molar-refractivity contribution in [3.63, 3.8) is 0 Å². The van der Waals surface area contributed by atoms with Crippen molar-refractivity contribution >= 4 is 12.0 Å². The van der Waals surface area contributed by atoms with Gasteiger partial charge in [0.05, 0.1) is 6.61 Å². The fraction of sp³-hybridized carbons (Fsp3) is 0.750. The zero-order chi connectivity index (χ0) is 13.7. The Labute approximate surface area is 112 Å². The van der Waals surface area contributed by atoms with Gasteiger partial charge in [-0.15, -0.1) is 5.10 Å². The molecule has 19 heavy (non-hydrogen) atoms. The van der Waals surface area contributed by atoms with Crippen molar-refractivity contribution < 1.29 is 9.53 Å². The lowest BCUT2D eigenvalue weighted by molar-refractivity contribution is 0.103. The highest BCUT2D eigenvalue weighted by Crippen LogP contribution is 2.17. The number of likely N-dealkylation sites (tertiary alicyclic amines) is 1. The van der Waals surface area contributed by atoms with Crippen LogP contribution in [0, 0.1) is 5.92 Å². The average Bonchev–Trinajstić information content (AvgIpc) is 2.99. The standard InChI is InChI=1S/C12H21N5O2/c1-3-6-19-8-10-4-5-17(7-10)12(18)14-11-13-9-16(2)15-11/h9-10H,3-8H2,1-2H3,(H,14,15,18)/t10-/m0/s1. The Hall–Kier alpha value is -1.63. The molecule has 1 aromatic rings. The molecular weight excluding hydrogens is 246 g/mol. The maximum absolute atomic E-state index is 12.0. The van der Waals surface area contributed by atoms with E-state index >= 15 is 0 Å². The summed E-state index contributed by atoms with van der Waals surface area (Å²) in [6.45, 7) is 5.12. The number of hydrogen-bond donors (Lipinski definition) is 1. The minimum atomic E-state index is -0.135. The molecule has 1 saturated heterocycles. The maximum atomic E-state index is 12.0. The molecule has 1 aliphatic heterocycles. The summed E-state index contributed by atoms with van der Waals surface area (Å²) in [5.74, 6) is 0.784. The molecule has 0 saturated carbocycles. The number of carbonyl (C=O) groups is 1. The van der Waals surface area contributed by atoms with Crippen molar-refractivity contribution in [2.24, 2.45) is 13.0 Å². The quantitative estimate of drug-likeness (QED) is 0.811. The molecule has 2 amide bonds. The molecule has 0 spiro atoms. The van der Waals surface area contributed by atoms with Crippen LogP contribution in [0.4, 0.5) is 10.7 Å². The molecule has 1 N–H and O–H groups in total. The smallest absolute Gasteiger partial charge is 0.324 e. The first-order chi connectivity index (χ1) is 9.19. The van der Waals surface area contributed by atoms with Crippen LogP contribution < -0.4 is 5.32 Å². The van der Waals surface area contributed by atoms with Gasteiger partial charge in [-0.1, -0.05) is 6.92 Å². The summed E-state index contributed by atoms with van der Waals surface area (Å²) < 4.78 is 7.09. The highest BCUT2D eigenvalue weighted by Gasteiger charge is 2.26. The molecule has 106 valence electrons. The number of urea groups is 1. The number of nitrogens with zero attached hydrogens (tertiary/aromatic N) is 4. The van der Waals surface area contributed by atoms with Gasteiger partial charge in [-0.2, -0.15) is 0 Å². The molecule has 0 radical (unpaired) electrons. The SMILES string of the molecule is CCCOC[C@H]1CCN(C(=O)Nc2ncn(C)n2)C1. The van der Waals surface area contributed by atoms with Crippen LogP contribution in [0.1, 0.15) is 19.8 Å². The van der Waals surface area contributed by atoms with Gasteiger partial charge in [0.1, 0.15) is 6.33 Å². The van der Waals surface area contributed by atoms with Crippen molar-refractivity contribution in [3.05, 3.63) is 6.33 Å². The van der Waals surface area contributed by atoms with Crippen LogP contribution in [-0.2, 0) is 11.8 Å². The summed E-state index contributed by atoms with van der Waals surface area (Å²) in [4.78, 5) is 17.7. The van der Waals surface area contributed by atoms with Crippen molar-refractivity contribution in [3.8, 4) is 0 Å². The van der Waals surface area contributed by atoms with Gasteiger partial charge in [0.15, 0.2) is 0 Å². The number of hydrogen-bond acceptors (Lipinski definition) is 4. The molecule has 0 unspecified atom stereocenters. The topological polar surface area (TPSA) is 72.3 Å². The average molecular weight is 267 g/mol. The lowest BCUT2D eigenvalue weighted by Crippen LogP contribution is -2.33. The molecule has 1 fully saturated rings. The van der Waals surface area contributed by atoms with Crippen LogP contribution in [0.2, 0.25) is 0 Å². The first kappa shape index (κ1) is 13.8. The predicted octanol–water partition coefficient (Wildman–Crippen LogP) is 1.10. The fourth-order valence-corrected chi connectivity index (χ4v) is 2.12. The zero-order valence-corrected chi connectivity index (χ0v) is 11.5. The van der Waals surface area contributed by atoms with E-state index in [0.29, 0.717) is 11.9 Å². The van der Waals surface area contributed by atoms with Gasteiger partial charge in [-0.25, -0.2) is 9.78 Å². The van der Waals surface area contributed by atoms with Crippen molar-refractivity contribution in [1.29, 1.82) is 0 Å². The van der Waals surface area contributed by atoms with Crippen LogP contribution >= 0.6 is 0 Å². The summed E-state index contributed by atoms with van der Waals surface area (Å²) >= 11 is 0. The van der Waals surface area contributed by atoms with Gasteiger partial charge < -0.3 is 9.64 Å². The molecule has 7 heteroatoms. The first-order valence-corrected chi connectivity index (χ1v) is 6.68. The second-order valence-corrected chi connectivity index (χ2v) is 4.85. The second-order valence-electron chi connectivity index (χ2n) is 4.85. The van der Waals surface area contributed by atoms with E-state index in [-0.39, 0.29) is 6.03 Å². The molecular formula is C12H21N5O2. The van der Waals surface area contributed by atoms with Crippen molar-refractivity contribution in [2.75, 3.05) is 31.6 Å². The van der Waals surface area contributed by atoms with E-state index in [1.54, 1.807) is 23.0 Å². The molecule has 2 heterocycles. The summed E-state index contributed by atoms with van der Waals surface area (Å²) in [6, 6.07) is -0.135. The Kier molecular flexibility index (Phi) is 4.73.